The van der Waals surface area contributed by atoms with Gasteiger partial charge >= 0.3 is 0 Å². The summed E-state index contributed by atoms with van der Waals surface area (Å²) in [6.07, 6.45) is 2.91. The minimum Gasteiger partial charge on any atom is -0.460 e. The second-order valence-electron chi connectivity index (χ2n) is 6.48. The molecule has 0 unspecified atom stereocenters. The van der Waals surface area contributed by atoms with E-state index < -0.39 is 0 Å². The summed E-state index contributed by atoms with van der Waals surface area (Å²) in [5.41, 5.74) is 0.959. The summed E-state index contributed by atoms with van der Waals surface area (Å²) in [6.45, 7) is 4.75. The molecule has 3 heterocycles. The fraction of sp³-hybridized carbons (Fsp3) is 0.500. The smallest absolute Gasteiger partial charge is 0.222 e. The van der Waals surface area contributed by atoms with Gasteiger partial charge in [0.15, 0.2) is 0 Å². The van der Waals surface area contributed by atoms with Gasteiger partial charge in [-0.1, -0.05) is 25.1 Å². The average molecular weight is 298 g/mol. The highest BCUT2D eigenvalue weighted by Crippen LogP contribution is 2.32. The molecule has 2 aliphatic rings. The summed E-state index contributed by atoms with van der Waals surface area (Å²) in [5.74, 6) is 1.34. The Labute approximate surface area is 130 Å². The Hall–Kier alpha value is -1.81. The van der Waals surface area contributed by atoms with Gasteiger partial charge in [-0.25, -0.2) is 0 Å². The number of hydrogen-bond donors (Lipinski definition) is 0. The lowest BCUT2D eigenvalue weighted by Crippen LogP contribution is -2.55. The maximum Gasteiger partial charge on any atom is 0.222 e. The average Bonchev–Trinajstić information content (AvgIpc) is 3.04. The molecule has 4 heteroatoms. The number of fused-ring (bicyclic) bond motifs is 3. The number of furan rings is 1. The molecule has 0 radical (unpaired) electrons. The highest BCUT2D eigenvalue weighted by Gasteiger charge is 2.41. The van der Waals surface area contributed by atoms with Crippen molar-refractivity contribution < 1.29 is 9.21 Å². The van der Waals surface area contributed by atoms with Crippen molar-refractivity contribution in [2.75, 3.05) is 13.1 Å². The van der Waals surface area contributed by atoms with Crippen molar-refractivity contribution in [3.63, 3.8) is 0 Å². The van der Waals surface area contributed by atoms with Crippen LogP contribution in [0, 0.1) is 0 Å². The van der Waals surface area contributed by atoms with E-state index >= 15 is 0 Å². The topological polar surface area (TPSA) is 36.7 Å². The molecule has 0 spiro atoms. The van der Waals surface area contributed by atoms with Gasteiger partial charge in [-0.3, -0.25) is 9.69 Å². The number of likely N-dealkylation sites (tertiary alicyclic amines) is 1. The molecule has 2 saturated heterocycles. The first-order chi connectivity index (χ1) is 10.7. The Morgan fingerprint density at radius 1 is 1.23 bits per heavy atom. The number of benzene rings is 1. The molecule has 2 aliphatic heterocycles. The maximum atomic E-state index is 12.1. The molecule has 22 heavy (non-hydrogen) atoms. The van der Waals surface area contributed by atoms with Gasteiger partial charge < -0.3 is 9.32 Å². The van der Waals surface area contributed by atoms with Crippen LogP contribution in [0.25, 0.3) is 11.0 Å². The van der Waals surface area contributed by atoms with Crippen LogP contribution >= 0.6 is 0 Å². The third-order valence-corrected chi connectivity index (χ3v) is 5.00. The van der Waals surface area contributed by atoms with Gasteiger partial charge in [0.1, 0.15) is 11.3 Å². The number of amides is 1. The fourth-order valence-corrected chi connectivity index (χ4v) is 4.04. The van der Waals surface area contributed by atoms with Crippen LogP contribution in [0.4, 0.5) is 0 Å². The molecule has 0 aliphatic carbocycles. The first-order valence-electron chi connectivity index (χ1n) is 8.25. The van der Waals surface area contributed by atoms with E-state index in [1.54, 1.807) is 0 Å². The minimum absolute atomic E-state index is 0.316. The quantitative estimate of drug-likeness (QED) is 0.874. The number of carbonyl (C=O) groups is 1. The molecule has 4 rings (SSSR count). The van der Waals surface area contributed by atoms with Crippen LogP contribution in [0.3, 0.4) is 0 Å². The van der Waals surface area contributed by atoms with Gasteiger partial charge in [-0.05, 0) is 25.0 Å². The molecule has 0 N–H and O–H groups in total. The van der Waals surface area contributed by atoms with E-state index in [1.807, 2.05) is 25.1 Å². The van der Waals surface area contributed by atoms with Crippen LogP contribution in [-0.4, -0.2) is 40.9 Å². The summed E-state index contributed by atoms with van der Waals surface area (Å²) < 4.78 is 5.93. The van der Waals surface area contributed by atoms with E-state index in [0.717, 1.165) is 43.8 Å². The van der Waals surface area contributed by atoms with Crippen LogP contribution in [0.15, 0.2) is 34.7 Å². The van der Waals surface area contributed by atoms with Gasteiger partial charge in [0, 0.05) is 37.0 Å². The van der Waals surface area contributed by atoms with E-state index in [9.17, 15) is 4.79 Å². The van der Waals surface area contributed by atoms with Gasteiger partial charge in [0.05, 0.1) is 6.54 Å². The van der Waals surface area contributed by atoms with Crippen LogP contribution in [0.5, 0.6) is 0 Å². The van der Waals surface area contributed by atoms with E-state index in [1.165, 1.54) is 5.39 Å². The minimum atomic E-state index is 0.316. The monoisotopic (exact) mass is 298 g/mol. The van der Waals surface area contributed by atoms with Gasteiger partial charge in [-0.2, -0.15) is 0 Å². The predicted molar refractivity (Wildman–Crippen MR) is 85.4 cm³/mol. The summed E-state index contributed by atoms with van der Waals surface area (Å²) in [7, 11) is 0. The molecule has 1 amide bonds. The van der Waals surface area contributed by atoms with Crippen molar-refractivity contribution in [3.05, 3.63) is 36.1 Å². The number of carbonyl (C=O) groups excluding carboxylic acids is 1. The van der Waals surface area contributed by atoms with E-state index in [-0.39, 0.29) is 0 Å². The molecule has 1 aromatic heterocycles. The SMILES string of the molecule is CCC(=O)N1[C@@H]2CC[C@H]1CN(Cc1cc3ccccc3o1)C2. The number of rotatable bonds is 3. The van der Waals surface area contributed by atoms with Gasteiger partial charge in [0.2, 0.25) is 5.91 Å². The highest BCUT2D eigenvalue weighted by molar-refractivity contribution is 5.78. The van der Waals surface area contributed by atoms with Crippen molar-refractivity contribution in [1.82, 2.24) is 9.80 Å². The number of piperazine rings is 1. The molecular formula is C18H22N2O2. The molecule has 1 aromatic carbocycles. The molecule has 0 saturated carbocycles. The van der Waals surface area contributed by atoms with Gasteiger partial charge in [0.25, 0.3) is 0 Å². The zero-order valence-electron chi connectivity index (χ0n) is 13.0. The molecule has 4 nitrogen and oxygen atoms in total. The molecule has 116 valence electrons. The fourth-order valence-electron chi connectivity index (χ4n) is 4.04. The van der Waals surface area contributed by atoms with E-state index in [4.69, 9.17) is 4.42 Å². The van der Waals surface area contributed by atoms with Crippen molar-refractivity contribution in [1.29, 1.82) is 0 Å². The number of hydrogen-bond acceptors (Lipinski definition) is 3. The molecule has 2 atom stereocenters. The Morgan fingerprint density at radius 3 is 2.64 bits per heavy atom. The first kappa shape index (κ1) is 13.8. The summed E-state index contributed by atoms with van der Waals surface area (Å²) in [6, 6.07) is 11.1. The normalized spacial score (nSPS) is 25.0. The molecule has 2 bridgehead atoms. The second-order valence-corrected chi connectivity index (χ2v) is 6.48. The molecule has 2 fully saturated rings. The largest absolute Gasteiger partial charge is 0.460 e. The zero-order valence-corrected chi connectivity index (χ0v) is 13.0. The summed E-state index contributed by atoms with van der Waals surface area (Å²) >= 11 is 0. The molecule has 2 aromatic rings. The van der Waals surface area contributed by atoms with Crippen molar-refractivity contribution in [3.8, 4) is 0 Å². The number of nitrogens with zero attached hydrogens (tertiary/aromatic N) is 2. The highest BCUT2D eigenvalue weighted by atomic mass is 16.3. The van der Waals surface area contributed by atoms with E-state index in [2.05, 4.69) is 21.9 Å². The Kier molecular flexibility index (Phi) is 3.41. The zero-order chi connectivity index (χ0) is 15.1. The Morgan fingerprint density at radius 2 is 1.95 bits per heavy atom. The van der Waals surface area contributed by atoms with Crippen LogP contribution in [-0.2, 0) is 11.3 Å². The lowest BCUT2D eigenvalue weighted by atomic mass is 10.1. The van der Waals surface area contributed by atoms with Crippen LogP contribution in [0.1, 0.15) is 31.9 Å². The summed E-state index contributed by atoms with van der Waals surface area (Å²) in [4.78, 5) is 16.7. The standard InChI is InChI=1S/C18H22N2O2/c1-2-18(21)20-14-7-8-15(20)11-19(10-14)12-16-9-13-5-3-4-6-17(13)22-16/h3-6,9,14-15H,2,7-8,10-12H2,1H3/t14-,15+. The number of para-hydroxylation sites is 1. The van der Waals surface area contributed by atoms with Crippen LogP contribution < -0.4 is 0 Å². The van der Waals surface area contributed by atoms with Crippen LogP contribution in [0.2, 0.25) is 0 Å². The van der Waals surface area contributed by atoms with E-state index in [0.29, 0.717) is 24.4 Å². The Balaban J connectivity index is 1.48. The van der Waals surface area contributed by atoms with Crippen molar-refractivity contribution in [2.45, 2.75) is 44.8 Å². The lowest BCUT2D eigenvalue weighted by molar-refractivity contribution is -0.136. The predicted octanol–water partition coefficient (Wildman–Crippen LogP) is 3.02. The maximum absolute atomic E-state index is 12.1. The van der Waals surface area contributed by atoms with Gasteiger partial charge in [-0.15, -0.1) is 0 Å². The third kappa shape index (κ3) is 2.31. The first-order valence-corrected chi connectivity index (χ1v) is 8.25. The Bertz CT molecular complexity index is 646. The van der Waals surface area contributed by atoms with Crippen molar-refractivity contribution >= 4 is 16.9 Å². The molecular weight excluding hydrogens is 276 g/mol. The lowest BCUT2D eigenvalue weighted by Gasteiger charge is -2.40. The third-order valence-electron chi connectivity index (χ3n) is 5.00. The van der Waals surface area contributed by atoms with Crippen molar-refractivity contribution in [2.24, 2.45) is 0 Å². The second kappa shape index (κ2) is 5.43. The summed E-state index contributed by atoms with van der Waals surface area (Å²) in [5, 5.41) is 1.17.